The van der Waals surface area contributed by atoms with Crippen LogP contribution in [0.25, 0.3) is 0 Å². The lowest BCUT2D eigenvalue weighted by atomic mass is 10.0. The van der Waals surface area contributed by atoms with E-state index in [-0.39, 0.29) is 11.9 Å². The molecular weight excluding hydrogens is 234 g/mol. The normalized spacial score (nSPS) is 20.4. The largest absolute Gasteiger partial charge is 0.334 e. The van der Waals surface area contributed by atoms with E-state index in [2.05, 4.69) is 0 Å². The maximum atomic E-state index is 12.5. The molecule has 17 heavy (non-hydrogen) atoms. The van der Waals surface area contributed by atoms with Crippen LogP contribution in [0.1, 0.15) is 35.2 Å². The summed E-state index contributed by atoms with van der Waals surface area (Å²) in [6, 6.07) is 7.96. The second kappa shape index (κ2) is 5.54. The SMILES string of the molecule is Cc1ccccc1C(=O)N1CCCCC1CCl. The van der Waals surface area contributed by atoms with Crippen LogP contribution in [0.2, 0.25) is 0 Å². The highest BCUT2D eigenvalue weighted by Gasteiger charge is 2.27. The summed E-state index contributed by atoms with van der Waals surface area (Å²) in [5.74, 6) is 0.672. The maximum Gasteiger partial charge on any atom is 0.254 e. The lowest BCUT2D eigenvalue weighted by Crippen LogP contribution is -2.44. The van der Waals surface area contributed by atoms with Crippen molar-refractivity contribution in [3.63, 3.8) is 0 Å². The summed E-state index contributed by atoms with van der Waals surface area (Å²) in [6.45, 7) is 2.82. The molecule has 0 aliphatic carbocycles. The van der Waals surface area contributed by atoms with Gasteiger partial charge in [-0.15, -0.1) is 11.6 Å². The lowest BCUT2D eigenvalue weighted by molar-refractivity contribution is 0.0638. The number of amides is 1. The minimum atomic E-state index is 0.133. The fourth-order valence-corrected chi connectivity index (χ4v) is 2.72. The van der Waals surface area contributed by atoms with Crippen molar-refractivity contribution in [1.82, 2.24) is 4.90 Å². The summed E-state index contributed by atoms with van der Waals surface area (Å²) in [5, 5.41) is 0. The first-order valence-corrected chi connectivity index (χ1v) is 6.70. The van der Waals surface area contributed by atoms with Crippen LogP contribution in [-0.4, -0.2) is 29.3 Å². The van der Waals surface area contributed by atoms with Crippen molar-refractivity contribution in [2.75, 3.05) is 12.4 Å². The van der Waals surface area contributed by atoms with E-state index in [0.29, 0.717) is 5.88 Å². The van der Waals surface area contributed by atoms with E-state index in [0.717, 1.165) is 30.5 Å². The molecule has 1 unspecified atom stereocenters. The zero-order valence-corrected chi connectivity index (χ0v) is 10.9. The fourth-order valence-electron chi connectivity index (χ4n) is 2.40. The predicted octanol–water partition coefficient (Wildman–Crippen LogP) is 3.23. The van der Waals surface area contributed by atoms with Gasteiger partial charge in [-0.2, -0.15) is 0 Å². The number of alkyl halides is 1. The quantitative estimate of drug-likeness (QED) is 0.739. The van der Waals surface area contributed by atoms with Gasteiger partial charge >= 0.3 is 0 Å². The van der Waals surface area contributed by atoms with Crippen molar-refractivity contribution in [2.24, 2.45) is 0 Å². The summed E-state index contributed by atoms with van der Waals surface area (Å²) >= 11 is 5.95. The van der Waals surface area contributed by atoms with Gasteiger partial charge in [0.25, 0.3) is 5.91 Å². The Morgan fingerprint density at radius 1 is 1.41 bits per heavy atom. The van der Waals surface area contributed by atoms with Crippen LogP contribution in [0.3, 0.4) is 0 Å². The molecule has 0 bridgehead atoms. The molecule has 1 fully saturated rings. The van der Waals surface area contributed by atoms with Crippen molar-refractivity contribution < 1.29 is 4.79 Å². The summed E-state index contributed by atoms with van der Waals surface area (Å²) in [6.07, 6.45) is 3.29. The number of hydrogen-bond donors (Lipinski definition) is 0. The molecule has 1 aliphatic rings. The van der Waals surface area contributed by atoms with Gasteiger partial charge in [-0.1, -0.05) is 18.2 Å². The topological polar surface area (TPSA) is 20.3 Å². The molecule has 1 atom stereocenters. The highest BCUT2D eigenvalue weighted by atomic mass is 35.5. The van der Waals surface area contributed by atoms with Gasteiger partial charge in [-0.25, -0.2) is 0 Å². The minimum absolute atomic E-state index is 0.133. The Morgan fingerprint density at radius 2 is 2.18 bits per heavy atom. The Morgan fingerprint density at radius 3 is 2.88 bits per heavy atom. The van der Waals surface area contributed by atoms with E-state index >= 15 is 0 Å². The molecule has 1 aromatic rings. The Kier molecular flexibility index (Phi) is 4.06. The van der Waals surface area contributed by atoms with Crippen LogP contribution < -0.4 is 0 Å². The Balaban J connectivity index is 2.21. The van der Waals surface area contributed by atoms with Crippen LogP contribution in [0.4, 0.5) is 0 Å². The number of aryl methyl sites for hydroxylation is 1. The molecule has 3 heteroatoms. The standard InChI is InChI=1S/C14H18ClNO/c1-11-6-2-3-8-13(11)14(17)16-9-5-4-7-12(16)10-15/h2-3,6,8,12H,4-5,7,9-10H2,1H3. The van der Waals surface area contributed by atoms with Gasteiger partial charge in [0.15, 0.2) is 0 Å². The van der Waals surface area contributed by atoms with Crippen LogP contribution >= 0.6 is 11.6 Å². The predicted molar refractivity (Wildman–Crippen MR) is 70.6 cm³/mol. The number of likely N-dealkylation sites (tertiary alicyclic amines) is 1. The first-order chi connectivity index (χ1) is 8.24. The molecule has 0 spiro atoms. The summed E-state index contributed by atoms with van der Waals surface area (Å²) in [5.41, 5.74) is 1.85. The highest BCUT2D eigenvalue weighted by Crippen LogP contribution is 2.21. The number of nitrogens with zero attached hydrogens (tertiary/aromatic N) is 1. The number of rotatable bonds is 2. The van der Waals surface area contributed by atoms with Crippen LogP contribution in [0.5, 0.6) is 0 Å². The third-order valence-electron chi connectivity index (χ3n) is 3.44. The van der Waals surface area contributed by atoms with E-state index < -0.39 is 0 Å². The van der Waals surface area contributed by atoms with E-state index in [9.17, 15) is 4.79 Å². The van der Waals surface area contributed by atoms with Crippen LogP contribution in [0.15, 0.2) is 24.3 Å². The number of carbonyl (C=O) groups excluding carboxylic acids is 1. The molecule has 2 nitrogen and oxygen atoms in total. The van der Waals surface area contributed by atoms with Crippen molar-refractivity contribution in [3.05, 3.63) is 35.4 Å². The zero-order chi connectivity index (χ0) is 12.3. The van der Waals surface area contributed by atoms with E-state index in [1.54, 1.807) is 0 Å². The van der Waals surface area contributed by atoms with Crippen molar-refractivity contribution in [3.8, 4) is 0 Å². The average Bonchev–Trinajstić information content (AvgIpc) is 2.38. The van der Waals surface area contributed by atoms with E-state index in [4.69, 9.17) is 11.6 Å². The smallest absolute Gasteiger partial charge is 0.254 e. The summed E-state index contributed by atoms with van der Waals surface area (Å²) < 4.78 is 0. The van der Waals surface area contributed by atoms with Gasteiger partial charge < -0.3 is 4.90 Å². The van der Waals surface area contributed by atoms with Crippen molar-refractivity contribution in [2.45, 2.75) is 32.2 Å². The second-order valence-corrected chi connectivity index (χ2v) is 4.93. The van der Waals surface area contributed by atoms with E-state index in [1.165, 1.54) is 6.42 Å². The van der Waals surface area contributed by atoms with Gasteiger partial charge in [0, 0.05) is 24.0 Å². The fraction of sp³-hybridized carbons (Fsp3) is 0.500. The number of benzene rings is 1. The lowest BCUT2D eigenvalue weighted by Gasteiger charge is -2.35. The third kappa shape index (κ3) is 2.63. The first-order valence-electron chi connectivity index (χ1n) is 6.16. The van der Waals surface area contributed by atoms with Gasteiger partial charge in [0.05, 0.1) is 0 Å². The number of carbonyl (C=O) groups is 1. The van der Waals surface area contributed by atoms with Crippen LogP contribution in [0, 0.1) is 6.92 Å². The molecule has 1 amide bonds. The monoisotopic (exact) mass is 251 g/mol. The average molecular weight is 252 g/mol. The number of hydrogen-bond acceptors (Lipinski definition) is 1. The second-order valence-electron chi connectivity index (χ2n) is 4.62. The maximum absolute atomic E-state index is 12.5. The van der Waals surface area contributed by atoms with Gasteiger partial charge in [-0.3, -0.25) is 4.79 Å². The van der Waals surface area contributed by atoms with Crippen molar-refractivity contribution in [1.29, 1.82) is 0 Å². The zero-order valence-electron chi connectivity index (χ0n) is 10.2. The molecule has 92 valence electrons. The molecular formula is C14H18ClNO. The molecule has 0 N–H and O–H groups in total. The van der Waals surface area contributed by atoms with Gasteiger partial charge in [-0.05, 0) is 37.8 Å². The molecule has 0 aromatic heterocycles. The summed E-state index contributed by atoms with van der Waals surface area (Å²) in [4.78, 5) is 14.4. The molecule has 1 aromatic carbocycles. The Hall–Kier alpha value is -1.02. The number of piperidine rings is 1. The number of halogens is 1. The van der Waals surface area contributed by atoms with Gasteiger partial charge in [0.2, 0.25) is 0 Å². The van der Waals surface area contributed by atoms with Crippen molar-refractivity contribution >= 4 is 17.5 Å². The van der Waals surface area contributed by atoms with Gasteiger partial charge in [0.1, 0.15) is 0 Å². The molecule has 1 saturated heterocycles. The highest BCUT2D eigenvalue weighted by molar-refractivity contribution is 6.18. The molecule has 2 rings (SSSR count). The minimum Gasteiger partial charge on any atom is -0.334 e. The first kappa shape index (κ1) is 12.4. The molecule has 1 heterocycles. The van der Waals surface area contributed by atoms with E-state index in [1.807, 2.05) is 36.1 Å². The van der Waals surface area contributed by atoms with Crippen LogP contribution in [-0.2, 0) is 0 Å². The third-order valence-corrected chi connectivity index (χ3v) is 3.80. The summed E-state index contributed by atoms with van der Waals surface area (Å²) in [7, 11) is 0. The Bertz CT molecular complexity index is 405. The molecule has 0 saturated carbocycles. The Labute approximate surface area is 108 Å². The molecule has 1 aliphatic heterocycles. The molecule has 0 radical (unpaired) electrons.